The van der Waals surface area contributed by atoms with Gasteiger partial charge < -0.3 is 10.4 Å². The second-order valence-corrected chi connectivity index (χ2v) is 5.20. The largest absolute Gasteiger partial charge is 0.478 e. The monoisotopic (exact) mass is 262 g/mol. The standard InChI is InChI=1S/C14H18N2O3/c1-9-4-5-10(7-9)8-16-13(17)12-11(14(18)19)3-2-6-15-12/h2-3,6,9-10H,4-5,7-8H2,1H3,(H,16,17)(H,18,19). The molecule has 2 rings (SSSR count). The fourth-order valence-electron chi connectivity index (χ4n) is 2.59. The number of hydrogen-bond donors (Lipinski definition) is 2. The number of rotatable bonds is 4. The number of carbonyl (C=O) groups excluding carboxylic acids is 1. The molecule has 1 saturated carbocycles. The van der Waals surface area contributed by atoms with Gasteiger partial charge in [0.15, 0.2) is 0 Å². The lowest BCUT2D eigenvalue weighted by atomic mass is 10.1. The Kier molecular flexibility index (Phi) is 4.14. The molecule has 1 heterocycles. The Labute approximate surface area is 112 Å². The molecule has 19 heavy (non-hydrogen) atoms. The van der Waals surface area contributed by atoms with Crippen molar-refractivity contribution in [3.63, 3.8) is 0 Å². The Morgan fingerprint density at radius 3 is 2.89 bits per heavy atom. The summed E-state index contributed by atoms with van der Waals surface area (Å²) < 4.78 is 0. The van der Waals surface area contributed by atoms with Gasteiger partial charge in [-0.1, -0.05) is 13.3 Å². The molecule has 102 valence electrons. The van der Waals surface area contributed by atoms with Crippen LogP contribution in [0.4, 0.5) is 0 Å². The first kappa shape index (κ1) is 13.5. The van der Waals surface area contributed by atoms with Gasteiger partial charge in [0.2, 0.25) is 0 Å². The molecule has 1 aliphatic carbocycles. The van der Waals surface area contributed by atoms with Crippen LogP contribution < -0.4 is 5.32 Å². The zero-order valence-electron chi connectivity index (χ0n) is 10.9. The van der Waals surface area contributed by atoms with Crippen LogP contribution in [-0.4, -0.2) is 28.5 Å². The molecule has 2 unspecified atom stereocenters. The molecule has 0 radical (unpaired) electrons. The number of carboxylic acids is 1. The summed E-state index contributed by atoms with van der Waals surface area (Å²) in [6.07, 6.45) is 4.87. The minimum atomic E-state index is -1.13. The molecule has 2 atom stereocenters. The van der Waals surface area contributed by atoms with Crippen LogP contribution in [0.15, 0.2) is 18.3 Å². The van der Waals surface area contributed by atoms with Crippen molar-refractivity contribution in [2.75, 3.05) is 6.54 Å². The van der Waals surface area contributed by atoms with Gasteiger partial charge in [-0.3, -0.25) is 9.78 Å². The summed E-state index contributed by atoms with van der Waals surface area (Å²) in [7, 11) is 0. The summed E-state index contributed by atoms with van der Waals surface area (Å²) in [5.41, 5.74) is -0.0687. The van der Waals surface area contributed by atoms with Gasteiger partial charge in [-0.25, -0.2) is 4.79 Å². The molecule has 0 bridgehead atoms. The Morgan fingerprint density at radius 2 is 2.26 bits per heavy atom. The van der Waals surface area contributed by atoms with Gasteiger partial charge in [0.1, 0.15) is 5.69 Å². The quantitative estimate of drug-likeness (QED) is 0.869. The van der Waals surface area contributed by atoms with Crippen LogP contribution in [0, 0.1) is 11.8 Å². The van der Waals surface area contributed by atoms with E-state index in [1.165, 1.54) is 24.8 Å². The van der Waals surface area contributed by atoms with E-state index in [4.69, 9.17) is 5.11 Å². The average Bonchev–Trinajstić information content (AvgIpc) is 2.81. The predicted molar refractivity (Wildman–Crippen MR) is 70.0 cm³/mol. The van der Waals surface area contributed by atoms with Gasteiger partial charge in [-0.05, 0) is 36.8 Å². The Bertz CT molecular complexity index is 487. The smallest absolute Gasteiger partial charge is 0.338 e. The topological polar surface area (TPSA) is 79.3 Å². The van der Waals surface area contributed by atoms with Crippen molar-refractivity contribution < 1.29 is 14.7 Å². The molecule has 1 fully saturated rings. The van der Waals surface area contributed by atoms with Crippen molar-refractivity contribution in [1.29, 1.82) is 0 Å². The first-order valence-corrected chi connectivity index (χ1v) is 6.54. The van der Waals surface area contributed by atoms with Crippen LogP contribution >= 0.6 is 0 Å². The van der Waals surface area contributed by atoms with Gasteiger partial charge in [-0.2, -0.15) is 0 Å². The number of hydrogen-bond acceptors (Lipinski definition) is 3. The molecule has 0 saturated heterocycles. The lowest BCUT2D eigenvalue weighted by Crippen LogP contribution is -2.30. The Balaban J connectivity index is 1.98. The number of pyridine rings is 1. The number of nitrogens with one attached hydrogen (secondary N) is 1. The maximum Gasteiger partial charge on any atom is 0.338 e. The van der Waals surface area contributed by atoms with Crippen molar-refractivity contribution in [3.8, 4) is 0 Å². The highest BCUT2D eigenvalue weighted by Crippen LogP contribution is 2.29. The molecular weight excluding hydrogens is 244 g/mol. The maximum atomic E-state index is 12.0. The van der Waals surface area contributed by atoms with E-state index in [0.29, 0.717) is 18.4 Å². The third-order valence-electron chi connectivity index (χ3n) is 3.61. The van der Waals surface area contributed by atoms with Crippen molar-refractivity contribution in [2.45, 2.75) is 26.2 Å². The van der Waals surface area contributed by atoms with E-state index in [1.54, 1.807) is 0 Å². The molecule has 1 aromatic rings. The third-order valence-corrected chi connectivity index (χ3v) is 3.61. The van der Waals surface area contributed by atoms with Crippen molar-refractivity contribution in [1.82, 2.24) is 10.3 Å². The van der Waals surface area contributed by atoms with Crippen molar-refractivity contribution >= 4 is 11.9 Å². The third kappa shape index (κ3) is 3.30. The number of carboxylic acid groups (broad SMARTS) is 1. The van der Waals surface area contributed by atoms with E-state index in [2.05, 4.69) is 17.2 Å². The first-order valence-electron chi connectivity index (χ1n) is 6.54. The highest BCUT2D eigenvalue weighted by molar-refractivity contribution is 6.03. The predicted octanol–water partition coefficient (Wildman–Crippen LogP) is 1.95. The van der Waals surface area contributed by atoms with E-state index in [0.717, 1.165) is 12.8 Å². The van der Waals surface area contributed by atoms with Crippen molar-refractivity contribution in [3.05, 3.63) is 29.6 Å². The fraction of sp³-hybridized carbons (Fsp3) is 0.500. The molecular formula is C14H18N2O3. The van der Waals surface area contributed by atoms with Crippen LogP contribution in [0.3, 0.4) is 0 Å². The van der Waals surface area contributed by atoms with Gasteiger partial charge in [0.25, 0.3) is 5.91 Å². The summed E-state index contributed by atoms with van der Waals surface area (Å²) in [5, 5.41) is 11.8. The number of amides is 1. The summed E-state index contributed by atoms with van der Waals surface area (Å²) >= 11 is 0. The molecule has 5 heteroatoms. The number of carbonyl (C=O) groups is 2. The molecule has 1 aromatic heterocycles. The molecule has 0 aromatic carbocycles. The lowest BCUT2D eigenvalue weighted by molar-refractivity contribution is 0.0690. The zero-order chi connectivity index (χ0) is 13.8. The molecule has 2 N–H and O–H groups in total. The minimum absolute atomic E-state index is 0.0129. The lowest BCUT2D eigenvalue weighted by Gasteiger charge is -2.11. The SMILES string of the molecule is CC1CCC(CNC(=O)c2ncccc2C(=O)O)C1. The summed E-state index contributed by atoms with van der Waals surface area (Å²) in [4.78, 5) is 26.8. The normalized spacial score (nSPS) is 22.2. The number of aromatic nitrogens is 1. The number of nitrogens with zero attached hydrogens (tertiary/aromatic N) is 1. The summed E-state index contributed by atoms with van der Waals surface area (Å²) in [6, 6.07) is 2.90. The minimum Gasteiger partial charge on any atom is -0.478 e. The molecule has 0 aliphatic heterocycles. The van der Waals surface area contributed by atoms with Crippen molar-refractivity contribution in [2.24, 2.45) is 11.8 Å². The molecule has 1 aliphatic rings. The van der Waals surface area contributed by atoms with Gasteiger partial charge >= 0.3 is 5.97 Å². The van der Waals surface area contributed by atoms with Gasteiger partial charge in [-0.15, -0.1) is 0 Å². The number of aromatic carboxylic acids is 1. The average molecular weight is 262 g/mol. The second-order valence-electron chi connectivity index (χ2n) is 5.20. The summed E-state index contributed by atoms with van der Waals surface area (Å²) in [6.45, 7) is 2.81. The van der Waals surface area contributed by atoms with Crippen LogP contribution in [0.1, 0.15) is 47.0 Å². The van der Waals surface area contributed by atoms with E-state index >= 15 is 0 Å². The van der Waals surface area contributed by atoms with E-state index in [-0.39, 0.29) is 11.3 Å². The highest BCUT2D eigenvalue weighted by Gasteiger charge is 2.23. The first-order chi connectivity index (χ1) is 9.08. The molecule has 0 spiro atoms. The van der Waals surface area contributed by atoms with Gasteiger partial charge in [0, 0.05) is 12.7 Å². The maximum absolute atomic E-state index is 12.0. The highest BCUT2D eigenvalue weighted by atomic mass is 16.4. The van der Waals surface area contributed by atoms with Crippen LogP contribution in [0.2, 0.25) is 0 Å². The van der Waals surface area contributed by atoms with Crippen LogP contribution in [0.5, 0.6) is 0 Å². The van der Waals surface area contributed by atoms with E-state index in [9.17, 15) is 9.59 Å². The van der Waals surface area contributed by atoms with Crippen LogP contribution in [0.25, 0.3) is 0 Å². The second kappa shape index (κ2) is 5.82. The van der Waals surface area contributed by atoms with E-state index in [1.807, 2.05) is 0 Å². The van der Waals surface area contributed by atoms with Gasteiger partial charge in [0.05, 0.1) is 5.56 Å². The molecule has 1 amide bonds. The summed E-state index contributed by atoms with van der Waals surface area (Å²) in [5.74, 6) is -0.326. The van der Waals surface area contributed by atoms with E-state index < -0.39 is 11.9 Å². The molecule has 5 nitrogen and oxygen atoms in total. The Hall–Kier alpha value is -1.91. The zero-order valence-corrected chi connectivity index (χ0v) is 10.9. The fourth-order valence-corrected chi connectivity index (χ4v) is 2.59. The van der Waals surface area contributed by atoms with Crippen LogP contribution in [-0.2, 0) is 0 Å². The Morgan fingerprint density at radius 1 is 1.47 bits per heavy atom.